The number of aromatic nitrogens is 1. The third kappa shape index (κ3) is 4.35. The summed E-state index contributed by atoms with van der Waals surface area (Å²) in [5.74, 6) is -1.39. The van der Waals surface area contributed by atoms with Gasteiger partial charge in [0.15, 0.2) is 0 Å². The second-order valence-corrected chi connectivity index (χ2v) is 11.8. The van der Waals surface area contributed by atoms with E-state index in [4.69, 9.17) is 4.74 Å². The van der Waals surface area contributed by atoms with Crippen LogP contribution in [-0.2, 0) is 25.7 Å². The number of amides is 3. The van der Waals surface area contributed by atoms with E-state index in [1.165, 1.54) is 0 Å². The van der Waals surface area contributed by atoms with E-state index in [-0.39, 0.29) is 30.3 Å². The van der Waals surface area contributed by atoms with Crippen LogP contribution in [0.4, 0.5) is 5.69 Å². The lowest BCUT2D eigenvalue weighted by Crippen LogP contribution is -2.57. The number of nitrogens with one attached hydrogen (secondary N) is 2. The maximum atomic E-state index is 14.2. The summed E-state index contributed by atoms with van der Waals surface area (Å²) >= 11 is 0. The van der Waals surface area contributed by atoms with Crippen molar-refractivity contribution in [1.82, 2.24) is 15.2 Å². The zero-order chi connectivity index (χ0) is 27.3. The lowest BCUT2D eigenvalue weighted by molar-refractivity contribution is -0.142. The van der Waals surface area contributed by atoms with Crippen LogP contribution in [0.25, 0.3) is 0 Å². The maximum Gasteiger partial charge on any atom is 0.246 e. The van der Waals surface area contributed by atoms with E-state index >= 15 is 0 Å². The minimum Gasteiger partial charge on any atom is -0.359 e. The Kier molecular flexibility index (Phi) is 6.53. The van der Waals surface area contributed by atoms with Crippen LogP contribution in [0, 0.1) is 30.6 Å². The molecule has 0 radical (unpaired) electrons. The quantitative estimate of drug-likeness (QED) is 0.558. The maximum absolute atomic E-state index is 14.2. The molecule has 1 aliphatic carbocycles. The Balaban J connectivity index is 1.33. The average Bonchev–Trinajstić information content (AvgIpc) is 3.55. The van der Waals surface area contributed by atoms with Crippen LogP contribution >= 0.6 is 0 Å². The molecule has 3 amide bonds. The zero-order valence-electron chi connectivity index (χ0n) is 22.7. The van der Waals surface area contributed by atoms with Gasteiger partial charge in [0.1, 0.15) is 11.6 Å². The topological polar surface area (TPSA) is 101 Å². The summed E-state index contributed by atoms with van der Waals surface area (Å²) in [6, 6.07) is 10.4. The van der Waals surface area contributed by atoms with E-state index in [1.54, 1.807) is 17.3 Å². The number of pyridine rings is 1. The van der Waals surface area contributed by atoms with Gasteiger partial charge in [-0.1, -0.05) is 57.0 Å². The normalized spacial score (nSPS) is 34.7. The lowest BCUT2D eigenvalue weighted by atomic mass is 9.73. The summed E-state index contributed by atoms with van der Waals surface area (Å²) in [7, 11) is 0. The van der Waals surface area contributed by atoms with Crippen molar-refractivity contribution >= 4 is 23.4 Å². The fraction of sp³-hybridized carbons (Fsp3) is 0.484. The molecule has 8 nitrogen and oxygen atoms in total. The number of anilines is 1. The third-order valence-corrected chi connectivity index (χ3v) is 9.32. The third-order valence-electron chi connectivity index (χ3n) is 9.32. The van der Waals surface area contributed by atoms with Crippen molar-refractivity contribution in [2.24, 2.45) is 23.7 Å². The van der Waals surface area contributed by atoms with Gasteiger partial charge in [0.2, 0.25) is 17.7 Å². The van der Waals surface area contributed by atoms with E-state index < -0.39 is 29.6 Å². The number of hydrogen-bond acceptors (Lipinski definition) is 5. The van der Waals surface area contributed by atoms with Crippen LogP contribution in [0.3, 0.4) is 0 Å². The molecule has 6 rings (SSSR count). The molecule has 8 atom stereocenters. The van der Waals surface area contributed by atoms with Crippen molar-refractivity contribution in [2.75, 3.05) is 5.32 Å². The van der Waals surface area contributed by atoms with Gasteiger partial charge in [0, 0.05) is 30.7 Å². The Morgan fingerprint density at radius 1 is 1.15 bits per heavy atom. The predicted octanol–water partition coefficient (Wildman–Crippen LogP) is 3.62. The van der Waals surface area contributed by atoms with E-state index in [9.17, 15) is 14.4 Å². The van der Waals surface area contributed by atoms with Crippen molar-refractivity contribution < 1.29 is 19.1 Å². The van der Waals surface area contributed by atoms with Gasteiger partial charge in [-0.05, 0) is 54.5 Å². The molecule has 2 N–H and O–H groups in total. The number of carbonyl (C=O) groups is 3. The van der Waals surface area contributed by atoms with Crippen LogP contribution in [0.1, 0.15) is 44.2 Å². The summed E-state index contributed by atoms with van der Waals surface area (Å²) in [4.78, 5) is 47.7. The molecular formula is C31H36N4O4. The Hall–Kier alpha value is -3.52. The molecule has 2 aromatic rings. The number of rotatable bonds is 6. The molecule has 2 saturated heterocycles. The first-order valence-electron chi connectivity index (χ1n) is 14.0. The van der Waals surface area contributed by atoms with Crippen LogP contribution in [-0.4, -0.2) is 51.4 Å². The van der Waals surface area contributed by atoms with Crippen LogP contribution < -0.4 is 10.6 Å². The van der Waals surface area contributed by atoms with Gasteiger partial charge in [-0.15, -0.1) is 0 Å². The lowest BCUT2D eigenvalue weighted by Gasteiger charge is -2.38. The Bertz CT molecular complexity index is 1310. The van der Waals surface area contributed by atoms with Gasteiger partial charge in [-0.25, -0.2) is 0 Å². The number of carbonyl (C=O) groups excluding carboxylic acids is 3. The summed E-state index contributed by atoms with van der Waals surface area (Å²) in [6.45, 7) is 6.59. The highest BCUT2D eigenvalue weighted by Gasteiger charge is 2.72. The Morgan fingerprint density at radius 3 is 2.77 bits per heavy atom. The van der Waals surface area contributed by atoms with E-state index in [0.717, 1.165) is 30.4 Å². The highest BCUT2D eigenvalue weighted by Crippen LogP contribution is 2.55. The highest BCUT2D eigenvalue weighted by atomic mass is 16.5. The molecule has 4 aliphatic rings. The Labute approximate surface area is 229 Å². The number of benzene rings is 1. The largest absolute Gasteiger partial charge is 0.359 e. The van der Waals surface area contributed by atoms with Gasteiger partial charge >= 0.3 is 0 Å². The van der Waals surface area contributed by atoms with E-state index in [1.807, 2.05) is 55.5 Å². The summed E-state index contributed by atoms with van der Waals surface area (Å²) < 4.78 is 6.48. The van der Waals surface area contributed by atoms with Crippen molar-refractivity contribution in [3.05, 3.63) is 72.1 Å². The van der Waals surface area contributed by atoms with Crippen LogP contribution in [0.15, 0.2) is 60.9 Å². The van der Waals surface area contributed by atoms with Crippen molar-refractivity contribution in [3.63, 3.8) is 0 Å². The van der Waals surface area contributed by atoms with Gasteiger partial charge in [0.25, 0.3) is 0 Å². The Morgan fingerprint density at radius 2 is 2.00 bits per heavy atom. The molecule has 39 heavy (non-hydrogen) atoms. The fourth-order valence-electron chi connectivity index (χ4n) is 7.12. The number of likely N-dealkylation sites (tertiary alicyclic amines) is 1. The van der Waals surface area contributed by atoms with Gasteiger partial charge in [-0.2, -0.15) is 0 Å². The molecule has 3 aliphatic heterocycles. The number of aryl methyl sites for hydroxylation is 1. The molecule has 1 saturated carbocycles. The smallest absolute Gasteiger partial charge is 0.246 e. The molecule has 1 aromatic carbocycles. The summed E-state index contributed by atoms with van der Waals surface area (Å²) in [6.07, 6.45) is 9.66. The molecule has 1 spiro atoms. The van der Waals surface area contributed by atoms with Gasteiger partial charge < -0.3 is 20.3 Å². The van der Waals surface area contributed by atoms with Crippen LogP contribution in [0.2, 0.25) is 0 Å². The number of nitrogens with zero attached hydrogens (tertiary/aromatic N) is 2. The molecular weight excluding hydrogens is 492 g/mol. The van der Waals surface area contributed by atoms with Crippen molar-refractivity contribution in [3.8, 4) is 0 Å². The number of ether oxygens (including phenoxy) is 1. The molecule has 2 bridgehead atoms. The van der Waals surface area contributed by atoms with Crippen molar-refractivity contribution in [1.29, 1.82) is 0 Å². The first-order valence-corrected chi connectivity index (χ1v) is 14.0. The van der Waals surface area contributed by atoms with Gasteiger partial charge in [0.05, 0.1) is 17.9 Å². The molecule has 8 heteroatoms. The number of fused-ring (bicyclic) bond motifs is 1. The molecule has 4 heterocycles. The van der Waals surface area contributed by atoms with E-state index in [2.05, 4.69) is 29.5 Å². The minimum atomic E-state index is -1.19. The zero-order valence-corrected chi connectivity index (χ0v) is 22.7. The summed E-state index contributed by atoms with van der Waals surface area (Å²) in [5.41, 5.74) is 1.33. The van der Waals surface area contributed by atoms with E-state index in [0.29, 0.717) is 17.5 Å². The van der Waals surface area contributed by atoms with Crippen LogP contribution in [0.5, 0.6) is 0 Å². The first-order chi connectivity index (χ1) is 18.8. The van der Waals surface area contributed by atoms with Gasteiger partial charge in [-0.3, -0.25) is 19.4 Å². The minimum absolute atomic E-state index is 0.0371. The monoisotopic (exact) mass is 528 g/mol. The number of hydrogen-bond donors (Lipinski definition) is 2. The average molecular weight is 529 g/mol. The summed E-state index contributed by atoms with van der Waals surface area (Å²) in [5, 5.41) is 6.29. The second kappa shape index (κ2) is 9.90. The molecule has 204 valence electrons. The predicted molar refractivity (Wildman–Crippen MR) is 146 cm³/mol. The van der Waals surface area contributed by atoms with Crippen molar-refractivity contribution in [2.45, 2.75) is 70.4 Å². The highest BCUT2D eigenvalue weighted by molar-refractivity contribution is 6.02. The molecule has 1 aromatic heterocycles. The fourth-order valence-corrected chi connectivity index (χ4v) is 7.12. The first kappa shape index (κ1) is 25.7. The standard InChI is InChI=1S/C31H36N4O4/c1-18-7-4-10-22(15-18)33-28(36)25-24-12-13-31(39-24)26(25)30(38)35(17-21-9-6-14-32-16-21)27(31)29(37)34-23-11-5-8-19(2)20(23)3/h4,6-7,9-10,12-16,19-20,23-27H,5,8,11,17H2,1-3H3,(H,33,36)(H,34,37)/t19-,20-,23+,24+,25-,26+,27+,31+/m0/s1. The second-order valence-electron chi connectivity index (χ2n) is 11.8. The molecule has 0 unspecified atom stereocenters. The molecule has 3 fully saturated rings. The SMILES string of the molecule is Cc1cccc(NC(=O)[C@H]2[C@H]3C=C[C@@]4(O3)[C@H]2C(=O)N(Cc2cccnc2)[C@@H]4C(=O)N[C@@H]2CCC[C@H](C)[C@@H]2C)c1.